The lowest BCUT2D eigenvalue weighted by atomic mass is 10.2. The van der Waals surface area contributed by atoms with E-state index in [9.17, 15) is 4.79 Å². The van der Waals surface area contributed by atoms with Crippen LogP contribution in [0.1, 0.15) is 18.1 Å². The number of thiocarbonyl (C=S) groups is 1. The topological polar surface area (TPSA) is 77.8 Å². The van der Waals surface area contributed by atoms with Gasteiger partial charge in [0, 0.05) is 44.6 Å². The molecule has 4 rings (SSSR count). The third-order valence-corrected chi connectivity index (χ3v) is 6.03. The van der Waals surface area contributed by atoms with Gasteiger partial charge < -0.3 is 19.7 Å². The molecule has 2 N–H and O–H groups in total. The molecule has 0 unspecified atom stereocenters. The van der Waals surface area contributed by atoms with Crippen LogP contribution in [0.15, 0.2) is 46.4 Å². The molecule has 1 aliphatic rings. The average molecular weight is 482 g/mol. The summed E-state index contributed by atoms with van der Waals surface area (Å²) in [5.74, 6) is -0.203. The lowest BCUT2D eigenvalue weighted by Gasteiger charge is -2.33. The zero-order valence-corrected chi connectivity index (χ0v) is 20.3. The van der Waals surface area contributed by atoms with E-state index < -0.39 is 5.82 Å². The van der Waals surface area contributed by atoms with Crippen molar-refractivity contribution in [1.29, 1.82) is 0 Å². The molecule has 0 radical (unpaired) electrons. The van der Waals surface area contributed by atoms with Crippen LogP contribution in [-0.2, 0) is 6.54 Å². The summed E-state index contributed by atoms with van der Waals surface area (Å²) in [7, 11) is 2.04. The van der Waals surface area contributed by atoms with Gasteiger partial charge in [0.05, 0.1) is 17.2 Å². The number of piperazine rings is 1. The van der Waals surface area contributed by atoms with E-state index >= 15 is 4.39 Å². The Morgan fingerprint density at radius 3 is 2.62 bits per heavy atom. The SMILES string of the molecule is CCn1cc(/C=N/NC(=S)Nc2ccc(C)cc2)c(=O)c2cc(F)c(N3CCN(C)CC3)nc21. The smallest absolute Gasteiger partial charge is 0.199 e. The zero-order chi connectivity index (χ0) is 24.2. The number of benzene rings is 1. The molecule has 3 aromatic rings. The molecule has 0 atom stereocenters. The highest BCUT2D eigenvalue weighted by Crippen LogP contribution is 2.22. The lowest BCUT2D eigenvalue weighted by molar-refractivity contribution is 0.311. The fourth-order valence-electron chi connectivity index (χ4n) is 3.83. The van der Waals surface area contributed by atoms with Gasteiger partial charge in [-0.1, -0.05) is 17.7 Å². The van der Waals surface area contributed by atoms with Crippen LogP contribution in [0, 0.1) is 12.7 Å². The third kappa shape index (κ3) is 5.23. The van der Waals surface area contributed by atoms with Gasteiger partial charge in [-0.2, -0.15) is 5.10 Å². The van der Waals surface area contributed by atoms with Crippen LogP contribution in [0.5, 0.6) is 0 Å². The number of aryl methyl sites for hydroxylation is 2. The Morgan fingerprint density at radius 1 is 1.24 bits per heavy atom. The van der Waals surface area contributed by atoms with Crippen LogP contribution in [0.3, 0.4) is 0 Å². The highest BCUT2D eigenvalue weighted by molar-refractivity contribution is 7.80. The summed E-state index contributed by atoms with van der Waals surface area (Å²) in [6.07, 6.45) is 3.08. The normalized spacial score (nSPS) is 14.6. The van der Waals surface area contributed by atoms with Crippen molar-refractivity contribution >= 4 is 46.1 Å². The Labute approximate surface area is 203 Å². The summed E-state index contributed by atoms with van der Waals surface area (Å²) in [6, 6.07) is 9.05. The number of hydrazone groups is 1. The molecule has 8 nitrogen and oxygen atoms in total. The van der Waals surface area contributed by atoms with Gasteiger partial charge >= 0.3 is 0 Å². The van der Waals surface area contributed by atoms with Gasteiger partial charge in [-0.05, 0) is 51.3 Å². The van der Waals surface area contributed by atoms with Gasteiger partial charge in [-0.15, -0.1) is 0 Å². The summed E-state index contributed by atoms with van der Waals surface area (Å²) in [4.78, 5) is 21.8. The molecule has 34 heavy (non-hydrogen) atoms. The second-order valence-electron chi connectivity index (χ2n) is 8.35. The zero-order valence-electron chi connectivity index (χ0n) is 19.5. The van der Waals surface area contributed by atoms with Gasteiger partial charge in [0.25, 0.3) is 0 Å². The van der Waals surface area contributed by atoms with E-state index in [2.05, 4.69) is 25.7 Å². The van der Waals surface area contributed by atoms with Crippen molar-refractivity contribution in [2.75, 3.05) is 43.4 Å². The first-order chi connectivity index (χ1) is 16.4. The van der Waals surface area contributed by atoms with E-state index in [-0.39, 0.29) is 16.6 Å². The molecule has 0 spiro atoms. The van der Waals surface area contributed by atoms with Gasteiger partial charge in [-0.3, -0.25) is 10.2 Å². The molecule has 0 bridgehead atoms. The molecule has 178 valence electrons. The molecular weight excluding hydrogens is 453 g/mol. The molecule has 1 aromatic carbocycles. The maximum atomic E-state index is 15.0. The van der Waals surface area contributed by atoms with Gasteiger partial charge in [-0.25, -0.2) is 9.37 Å². The van der Waals surface area contributed by atoms with Crippen LogP contribution < -0.4 is 21.1 Å². The lowest BCUT2D eigenvalue weighted by Crippen LogP contribution is -2.45. The van der Waals surface area contributed by atoms with Crippen LogP contribution in [0.4, 0.5) is 15.9 Å². The Bertz CT molecular complexity index is 1280. The van der Waals surface area contributed by atoms with E-state index in [4.69, 9.17) is 12.2 Å². The molecule has 10 heteroatoms. The highest BCUT2D eigenvalue weighted by Gasteiger charge is 2.21. The Hall–Kier alpha value is -3.37. The quantitative estimate of drug-likeness (QED) is 0.330. The first-order valence-corrected chi connectivity index (χ1v) is 11.6. The number of anilines is 2. The number of halogens is 1. The first kappa shape index (κ1) is 23.8. The molecule has 0 aliphatic carbocycles. The summed E-state index contributed by atoms with van der Waals surface area (Å²) in [5.41, 5.74) is 5.13. The van der Waals surface area contributed by atoms with Crippen LogP contribution >= 0.6 is 12.2 Å². The number of nitrogens with zero attached hydrogens (tertiary/aromatic N) is 5. The summed E-state index contributed by atoms with van der Waals surface area (Å²) in [6.45, 7) is 7.57. The molecule has 1 aliphatic heterocycles. The molecule has 1 fully saturated rings. The maximum Gasteiger partial charge on any atom is 0.199 e. The van der Waals surface area contributed by atoms with Gasteiger partial charge in [0.2, 0.25) is 0 Å². The first-order valence-electron chi connectivity index (χ1n) is 11.2. The monoisotopic (exact) mass is 481 g/mol. The van der Waals surface area contributed by atoms with Crippen molar-refractivity contribution in [1.82, 2.24) is 19.9 Å². The van der Waals surface area contributed by atoms with Gasteiger partial charge in [0.15, 0.2) is 22.2 Å². The molecule has 3 heterocycles. The van der Waals surface area contributed by atoms with Crippen LogP contribution in [-0.4, -0.2) is 59.0 Å². The van der Waals surface area contributed by atoms with E-state index in [1.165, 1.54) is 12.3 Å². The Balaban J connectivity index is 1.57. The third-order valence-electron chi connectivity index (χ3n) is 5.83. The fraction of sp³-hybridized carbons (Fsp3) is 0.333. The minimum atomic E-state index is -0.493. The summed E-state index contributed by atoms with van der Waals surface area (Å²) >= 11 is 5.26. The number of aromatic nitrogens is 2. The number of fused-ring (bicyclic) bond motifs is 1. The molecule has 0 amide bonds. The van der Waals surface area contributed by atoms with Crippen LogP contribution in [0.2, 0.25) is 0 Å². The predicted octanol–water partition coefficient (Wildman–Crippen LogP) is 2.94. The number of pyridine rings is 2. The van der Waals surface area contributed by atoms with Crippen molar-refractivity contribution in [3.63, 3.8) is 0 Å². The second-order valence-corrected chi connectivity index (χ2v) is 8.75. The van der Waals surface area contributed by atoms with Gasteiger partial charge in [0.1, 0.15) is 5.65 Å². The van der Waals surface area contributed by atoms with Crippen molar-refractivity contribution < 1.29 is 4.39 Å². The second kappa shape index (κ2) is 10.3. The largest absolute Gasteiger partial charge is 0.352 e. The van der Waals surface area contributed by atoms with Crippen molar-refractivity contribution in [3.8, 4) is 0 Å². The van der Waals surface area contributed by atoms with Crippen molar-refractivity contribution in [2.45, 2.75) is 20.4 Å². The minimum Gasteiger partial charge on any atom is -0.352 e. The number of rotatable bonds is 5. The van der Waals surface area contributed by atoms with E-state index in [0.717, 1.165) is 24.3 Å². The number of hydrogen-bond donors (Lipinski definition) is 2. The molecule has 0 saturated carbocycles. The average Bonchev–Trinajstić information content (AvgIpc) is 2.82. The molecular formula is C24H28FN7OS. The Morgan fingerprint density at radius 2 is 1.94 bits per heavy atom. The molecule has 2 aromatic heterocycles. The maximum absolute atomic E-state index is 15.0. The number of hydrogen-bond acceptors (Lipinski definition) is 6. The number of likely N-dealkylation sites (N-methyl/N-ethyl adjacent to an activating group) is 1. The standard InChI is InChI=1S/C24H28FN7OS/c1-4-31-15-17(14-26-29-24(34)27-18-7-5-16(2)6-8-18)21(33)19-13-20(25)23(28-22(19)31)32-11-9-30(3)10-12-32/h5-8,13-15H,4,9-12H2,1-3H3,(H2,27,29,34)/b26-14+. The van der Waals surface area contributed by atoms with Crippen molar-refractivity contribution in [3.05, 3.63) is 63.7 Å². The van der Waals surface area contributed by atoms with E-state index in [1.807, 2.05) is 54.6 Å². The van der Waals surface area contributed by atoms with Crippen molar-refractivity contribution in [2.24, 2.45) is 5.10 Å². The predicted molar refractivity (Wildman–Crippen MR) is 139 cm³/mol. The minimum absolute atomic E-state index is 0.224. The van der Waals surface area contributed by atoms with E-state index in [0.29, 0.717) is 36.0 Å². The molecule has 1 saturated heterocycles. The summed E-state index contributed by atoms with van der Waals surface area (Å²) in [5, 5.41) is 7.64. The summed E-state index contributed by atoms with van der Waals surface area (Å²) < 4.78 is 16.8. The highest BCUT2D eigenvalue weighted by atomic mass is 32.1. The fourth-order valence-corrected chi connectivity index (χ4v) is 4.00. The van der Waals surface area contributed by atoms with E-state index in [1.54, 1.807) is 6.20 Å². The number of nitrogens with one attached hydrogen (secondary N) is 2. The Kier molecular flexibility index (Phi) is 7.18. The van der Waals surface area contributed by atoms with Crippen LogP contribution in [0.25, 0.3) is 11.0 Å².